The van der Waals surface area contributed by atoms with E-state index in [2.05, 4.69) is 58.6 Å². The molecule has 1 fully saturated rings. The zero-order valence-electron chi connectivity index (χ0n) is 8.42. The van der Waals surface area contributed by atoms with E-state index in [0.717, 1.165) is 0 Å². The van der Waals surface area contributed by atoms with Crippen LogP contribution < -0.4 is 0 Å². The Kier molecular flexibility index (Phi) is 3.79. The molecule has 0 aromatic heterocycles. The lowest BCUT2D eigenvalue weighted by molar-refractivity contribution is 0.0588. The number of hydrogen-bond donors (Lipinski definition) is 0. The maximum absolute atomic E-state index is 2.61. The first-order valence-electron chi connectivity index (χ1n) is 4.70. The minimum Gasteiger partial charge on any atom is -0.293 e. The highest BCUT2D eigenvalue weighted by molar-refractivity contribution is 14.1. The zero-order valence-corrected chi connectivity index (χ0v) is 10.6. The normalized spacial score (nSPS) is 34.5. The average molecular weight is 282 g/mol. The first-order valence-corrected chi connectivity index (χ1v) is 5.67. The topological polar surface area (TPSA) is 6.48 Å². The van der Waals surface area contributed by atoms with Crippen LogP contribution in [0.15, 0.2) is 0 Å². The van der Waals surface area contributed by atoms with Gasteiger partial charge < -0.3 is 0 Å². The van der Waals surface area contributed by atoms with Crippen molar-refractivity contribution < 1.29 is 0 Å². The summed E-state index contributed by atoms with van der Waals surface area (Å²) in [4.78, 5) is 2.61. The van der Waals surface area contributed by atoms with Crippen molar-refractivity contribution in [1.82, 2.24) is 8.01 Å². The summed E-state index contributed by atoms with van der Waals surface area (Å²) in [6.07, 6.45) is 0. The van der Waals surface area contributed by atoms with Crippen molar-refractivity contribution >= 4 is 22.9 Å². The number of hydrogen-bond acceptors (Lipinski definition) is 2. The second-order valence-electron chi connectivity index (χ2n) is 4.07. The van der Waals surface area contributed by atoms with E-state index in [0.29, 0.717) is 18.1 Å². The zero-order chi connectivity index (χ0) is 9.30. The lowest BCUT2D eigenvalue weighted by Gasteiger charge is -2.44. The van der Waals surface area contributed by atoms with Gasteiger partial charge in [0.2, 0.25) is 0 Å². The molecule has 72 valence electrons. The molecule has 3 heteroatoms. The summed E-state index contributed by atoms with van der Waals surface area (Å²) in [5, 5.41) is 0. The van der Waals surface area contributed by atoms with Crippen LogP contribution in [0.1, 0.15) is 27.7 Å². The van der Waals surface area contributed by atoms with E-state index in [1.54, 1.807) is 0 Å². The maximum atomic E-state index is 2.61. The first kappa shape index (κ1) is 10.7. The quantitative estimate of drug-likeness (QED) is 0.537. The second kappa shape index (κ2) is 4.24. The van der Waals surface area contributed by atoms with E-state index in [4.69, 9.17) is 0 Å². The van der Waals surface area contributed by atoms with Gasteiger partial charge in [0, 0.05) is 54.1 Å². The Morgan fingerprint density at radius 2 is 1.58 bits per heavy atom. The SMILES string of the molecule is CC(C)N1C(C)CN(I)CC1C. The molecule has 1 saturated heterocycles. The van der Waals surface area contributed by atoms with Crippen LogP contribution in [-0.4, -0.2) is 39.2 Å². The molecule has 1 heterocycles. The standard InChI is InChI=1S/C9H19IN2/c1-7(2)12-8(3)5-11(10)6-9(12)4/h7-9H,5-6H2,1-4H3. The third-order valence-electron chi connectivity index (χ3n) is 2.54. The molecular weight excluding hydrogens is 263 g/mol. The summed E-state index contributed by atoms with van der Waals surface area (Å²) in [6.45, 7) is 11.6. The molecule has 12 heavy (non-hydrogen) atoms. The number of piperazine rings is 1. The van der Waals surface area contributed by atoms with Crippen LogP contribution in [0, 0.1) is 0 Å². The van der Waals surface area contributed by atoms with Gasteiger partial charge in [-0.2, -0.15) is 0 Å². The Morgan fingerprint density at radius 3 is 1.92 bits per heavy atom. The number of rotatable bonds is 1. The highest BCUT2D eigenvalue weighted by Crippen LogP contribution is 2.20. The number of halogens is 1. The summed E-state index contributed by atoms with van der Waals surface area (Å²) in [5.74, 6) is 0. The molecule has 2 unspecified atom stereocenters. The molecule has 1 rings (SSSR count). The highest BCUT2D eigenvalue weighted by atomic mass is 127. The fourth-order valence-corrected chi connectivity index (χ4v) is 3.43. The molecule has 0 amide bonds. The smallest absolute Gasteiger partial charge is 0.0235 e. The van der Waals surface area contributed by atoms with Gasteiger partial charge in [-0.15, -0.1) is 0 Å². The molecule has 0 bridgehead atoms. The lowest BCUT2D eigenvalue weighted by atomic mass is 10.1. The molecule has 0 aromatic carbocycles. The minimum atomic E-state index is 0.681. The summed E-state index contributed by atoms with van der Waals surface area (Å²) in [5.41, 5.74) is 0. The van der Waals surface area contributed by atoms with Crippen molar-refractivity contribution in [2.45, 2.75) is 45.8 Å². The van der Waals surface area contributed by atoms with E-state index in [1.165, 1.54) is 13.1 Å². The average Bonchev–Trinajstić information content (AvgIpc) is 1.82. The largest absolute Gasteiger partial charge is 0.293 e. The Hall–Kier alpha value is 0.650. The van der Waals surface area contributed by atoms with Crippen LogP contribution in [0.4, 0.5) is 0 Å². The molecule has 1 aliphatic rings. The van der Waals surface area contributed by atoms with Gasteiger partial charge in [-0.25, -0.2) is 3.11 Å². The van der Waals surface area contributed by atoms with E-state index < -0.39 is 0 Å². The van der Waals surface area contributed by atoms with E-state index in [-0.39, 0.29) is 0 Å². The lowest BCUT2D eigenvalue weighted by Crippen LogP contribution is -2.56. The van der Waals surface area contributed by atoms with E-state index in [9.17, 15) is 0 Å². The molecule has 0 aliphatic carbocycles. The fourth-order valence-electron chi connectivity index (χ4n) is 2.29. The van der Waals surface area contributed by atoms with Gasteiger partial charge in [-0.05, 0) is 27.7 Å². The third-order valence-corrected chi connectivity index (χ3v) is 3.33. The molecule has 0 spiro atoms. The predicted octanol–water partition coefficient (Wildman–Crippen LogP) is 2.14. The molecular formula is C9H19IN2. The third kappa shape index (κ3) is 2.33. The van der Waals surface area contributed by atoms with Crippen LogP contribution in [0.3, 0.4) is 0 Å². The van der Waals surface area contributed by atoms with Crippen molar-refractivity contribution in [3.63, 3.8) is 0 Å². The molecule has 0 aromatic rings. The van der Waals surface area contributed by atoms with Gasteiger partial charge in [-0.3, -0.25) is 4.90 Å². The molecule has 0 radical (unpaired) electrons. The Bertz CT molecular complexity index is 137. The molecule has 2 atom stereocenters. The van der Waals surface area contributed by atoms with Crippen LogP contribution >= 0.6 is 22.9 Å². The first-order chi connectivity index (χ1) is 5.52. The summed E-state index contributed by atoms with van der Waals surface area (Å²) in [6, 6.07) is 2.08. The van der Waals surface area contributed by atoms with Gasteiger partial charge >= 0.3 is 0 Å². The van der Waals surface area contributed by atoms with Crippen LogP contribution in [0.2, 0.25) is 0 Å². The van der Waals surface area contributed by atoms with Crippen molar-refractivity contribution in [2.75, 3.05) is 13.1 Å². The summed E-state index contributed by atoms with van der Waals surface area (Å²) >= 11 is 2.43. The predicted molar refractivity (Wildman–Crippen MR) is 61.5 cm³/mol. The summed E-state index contributed by atoms with van der Waals surface area (Å²) < 4.78 is 2.39. The van der Waals surface area contributed by atoms with Crippen LogP contribution in [-0.2, 0) is 0 Å². The fraction of sp³-hybridized carbons (Fsp3) is 1.00. The Labute approximate surface area is 89.8 Å². The van der Waals surface area contributed by atoms with Gasteiger partial charge in [0.25, 0.3) is 0 Å². The second-order valence-corrected chi connectivity index (χ2v) is 5.43. The maximum Gasteiger partial charge on any atom is 0.0235 e. The van der Waals surface area contributed by atoms with Crippen LogP contribution in [0.5, 0.6) is 0 Å². The van der Waals surface area contributed by atoms with Gasteiger partial charge in [0.15, 0.2) is 0 Å². The van der Waals surface area contributed by atoms with Gasteiger partial charge in [-0.1, -0.05) is 0 Å². The monoisotopic (exact) mass is 282 g/mol. The van der Waals surface area contributed by atoms with E-state index in [1.807, 2.05) is 0 Å². The van der Waals surface area contributed by atoms with E-state index >= 15 is 0 Å². The Morgan fingerprint density at radius 1 is 1.17 bits per heavy atom. The minimum absolute atomic E-state index is 0.681. The number of nitrogens with zero attached hydrogens (tertiary/aromatic N) is 2. The van der Waals surface area contributed by atoms with Gasteiger partial charge in [0.1, 0.15) is 0 Å². The van der Waals surface area contributed by atoms with Gasteiger partial charge in [0.05, 0.1) is 0 Å². The van der Waals surface area contributed by atoms with Crippen LogP contribution in [0.25, 0.3) is 0 Å². The van der Waals surface area contributed by atoms with Crippen molar-refractivity contribution in [3.8, 4) is 0 Å². The van der Waals surface area contributed by atoms with Crippen molar-refractivity contribution in [1.29, 1.82) is 0 Å². The van der Waals surface area contributed by atoms with Crippen molar-refractivity contribution in [3.05, 3.63) is 0 Å². The molecule has 0 saturated carbocycles. The molecule has 2 nitrogen and oxygen atoms in total. The van der Waals surface area contributed by atoms with Crippen molar-refractivity contribution in [2.24, 2.45) is 0 Å². The Balaban J connectivity index is 2.60. The summed E-state index contributed by atoms with van der Waals surface area (Å²) in [7, 11) is 0. The molecule has 0 N–H and O–H groups in total. The molecule has 1 aliphatic heterocycles. The highest BCUT2D eigenvalue weighted by Gasteiger charge is 2.29.